The predicted molar refractivity (Wildman–Crippen MR) is 98.1 cm³/mol. The maximum atomic E-state index is 12.8. The van der Waals surface area contributed by atoms with Crippen molar-refractivity contribution in [3.05, 3.63) is 53.1 Å². The van der Waals surface area contributed by atoms with E-state index in [4.69, 9.17) is 25.8 Å². The Morgan fingerprint density at radius 2 is 1.96 bits per heavy atom. The highest BCUT2D eigenvalue weighted by Crippen LogP contribution is 2.33. The number of halogens is 1. The molecule has 2 aliphatic heterocycles. The molecular weight excluding hydrogens is 354 g/mol. The predicted octanol–water partition coefficient (Wildman–Crippen LogP) is 4.00. The molecule has 0 aromatic heterocycles. The summed E-state index contributed by atoms with van der Waals surface area (Å²) in [4.78, 5) is 14.7. The first kappa shape index (κ1) is 17.0. The molecule has 1 amide bonds. The van der Waals surface area contributed by atoms with Crippen LogP contribution in [0.3, 0.4) is 0 Å². The van der Waals surface area contributed by atoms with Crippen LogP contribution in [0.25, 0.3) is 0 Å². The summed E-state index contributed by atoms with van der Waals surface area (Å²) >= 11 is 5.89. The summed E-state index contributed by atoms with van der Waals surface area (Å²) in [6, 6.07) is 12.7. The number of piperidine rings is 1. The van der Waals surface area contributed by atoms with Crippen LogP contribution < -0.4 is 14.2 Å². The number of benzene rings is 2. The lowest BCUT2D eigenvalue weighted by molar-refractivity contribution is 0.0633. The molecule has 136 valence electrons. The highest BCUT2D eigenvalue weighted by Gasteiger charge is 2.26. The quantitative estimate of drug-likeness (QED) is 0.812. The molecule has 0 aliphatic carbocycles. The van der Waals surface area contributed by atoms with Gasteiger partial charge in [-0.25, -0.2) is 0 Å². The molecule has 26 heavy (non-hydrogen) atoms. The average molecular weight is 374 g/mol. The fourth-order valence-corrected chi connectivity index (χ4v) is 3.47. The van der Waals surface area contributed by atoms with Crippen LogP contribution in [0, 0.1) is 5.92 Å². The number of carbonyl (C=O) groups excluding carboxylic acids is 1. The van der Waals surface area contributed by atoms with Crippen molar-refractivity contribution in [2.75, 3.05) is 26.5 Å². The Kier molecular flexibility index (Phi) is 4.89. The van der Waals surface area contributed by atoms with Crippen molar-refractivity contribution >= 4 is 17.5 Å². The fourth-order valence-electron chi connectivity index (χ4n) is 3.34. The van der Waals surface area contributed by atoms with E-state index in [-0.39, 0.29) is 12.7 Å². The molecule has 5 nitrogen and oxygen atoms in total. The lowest BCUT2D eigenvalue weighted by Gasteiger charge is -2.32. The van der Waals surface area contributed by atoms with Gasteiger partial charge in [0.1, 0.15) is 5.75 Å². The van der Waals surface area contributed by atoms with Crippen LogP contribution in [-0.2, 0) is 0 Å². The van der Waals surface area contributed by atoms with Crippen LogP contribution in [0.2, 0.25) is 5.02 Å². The van der Waals surface area contributed by atoms with Crippen molar-refractivity contribution in [2.24, 2.45) is 5.92 Å². The second-order valence-electron chi connectivity index (χ2n) is 6.59. The highest BCUT2D eigenvalue weighted by atomic mass is 35.5. The van der Waals surface area contributed by atoms with E-state index in [9.17, 15) is 4.79 Å². The molecule has 0 bridgehead atoms. The van der Waals surface area contributed by atoms with Gasteiger partial charge in [-0.2, -0.15) is 0 Å². The molecule has 1 atom stereocenters. The summed E-state index contributed by atoms with van der Waals surface area (Å²) in [5.74, 6) is 2.47. The van der Waals surface area contributed by atoms with Crippen molar-refractivity contribution in [3.63, 3.8) is 0 Å². The van der Waals surface area contributed by atoms with Crippen molar-refractivity contribution < 1.29 is 19.0 Å². The standard InChI is InChI=1S/C20H20ClNO4/c21-16-4-6-17(7-5-16)24-12-14-2-1-9-22(11-14)20(23)15-3-8-18-19(10-15)26-13-25-18/h3-8,10,14H,1-2,9,11-13H2. The minimum atomic E-state index is 0.0273. The molecule has 2 aromatic rings. The van der Waals surface area contributed by atoms with Crippen molar-refractivity contribution in [3.8, 4) is 17.2 Å². The third kappa shape index (κ3) is 3.73. The molecule has 1 saturated heterocycles. The molecule has 0 radical (unpaired) electrons. The van der Waals surface area contributed by atoms with Gasteiger partial charge in [-0.1, -0.05) is 11.6 Å². The zero-order valence-electron chi connectivity index (χ0n) is 14.3. The summed E-state index contributed by atoms with van der Waals surface area (Å²) in [5.41, 5.74) is 0.633. The van der Waals surface area contributed by atoms with Gasteiger partial charge in [-0.05, 0) is 55.3 Å². The zero-order valence-corrected chi connectivity index (χ0v) is 15.1. The normalized spacial score (nSPS) is 18.7. The third-order valence-electron chi connectivity index (χ3n) is 4.73. The Hall–Kier alpha value is -2.40. The minimum Gasteiger partial charge on any atom is -0.493 e. The van der Waals surface area contributed by atoms with Gasteiger partial charge < -0.3 is 19.1 Å². The largest absolute Gasteiger partial charge is 0.493 e. The Morgan fingerprint density at radius 3 is 2.81 bits per heavy atom. The first-order valence-corrected chi connectivity index (χ1v) is 9.14. The molecule has 0 N–H and O–H groups in total. The monoisotopic (exact) mass is 373 g/mol. The van der Waals surface area contributed by atoms with E-state index in [2.05, 4.69) is 0 Å². The molecule has 2 heterocycles. The maximum absolute atomic E-state index is 12.8. The van der Waals surface area contributed by atoms with Crippen LogP contribution in [0.1, 0.15) is 23.2 Å². The lowest BCUT2D eigenvalue weighted by atomic mass is 9.98. The number of likely N-dealkylation sites (tertiary alicyclic amines) is 1. The lowest BCUT2D eigenvalue weighted by Crippen LogP contribution is -2.41. The zero-order chi connectivity index (χ0) is 17.9. The van der Waals surface area contributed by atoms with E-state index in [1.807, 2.05) is 29.2 Å². The summed E-state index contributed by atoms with van der Waals surface area (Å²) in [6.45, 7) is 2.26. The van der Waals surface area contributed by atoms with Crippen LogP contribution in [0.15, 0.2) is 42.5 Å². The van der Waals surface area contributed by atoms with Crippen LogP contribution in [0.4, 0.5) is 0 Å². The molecule has 1 unspecified atom stereocenters. The van der Waals surface area contributed by atoms with E-state index >= 15 is 0 Å². The van der Waals surface area contributed by atoms with Gasteiger partial charge in [0.05, 0.1) is 6.61 Å². The SMILES string of the molecule is O=C(c1ccc2c(c1)OCO2)N1CCCC(COc2ccc(Cl)cc2)C1. The van der Waals surface area contributed by atoms with Crippen LogP contribution in [0.5, 0.6) is 17.2 Å². The number of hydrogen-bond donors (Lipinski definition) is 0. The topological polar surface area (TPSA) is 48.0 Å². The summed E-state index contributed by atoms with van der Waals surface area (Å²) in [6.07, 6.45) is 2.03. The second kappa shape index (κ2) is 7.46. The molecule has 2 aliphatic rings. The van der Waals surface area contributed by atoms with Gasteiger partial charge in [0.15, 0.2) is 11.5 Å². The van der Waals surface area contributed by atoms with E-state index in [0.29, 0.717) is 41.2 Å². The van der Waals surface area contributed by atoms with Crippen LogP contribution >= 0.6 is 11.6 Å². The van der Waals surface area contributed by atoms with Gasteiger partial charge in [0, 0.05) is 29.6 Å². The molecule has 2 aromatic carbocycles. The second-order valence-corrected chi connectivity index (χ2v) is 7.03. The molecule has 0 spiro atoms. The smallest absolute Gasteiger partial charge is 0.254 e. The van der Waals surface area contributed by atoms with Crippen molar-refractivity contribution in [1.82, 2.24) is 4.90 Å². The van der Waals surface area contributed by atoms with E-state index in [0.717, 1.165) is 25.1 Å². The van der Waals surface area contributed by atoms with Gasteiger partial charge in [0.2, 0.25) is 6.79 Å². The number of fused-ring (bicyclic) bond motifs is 1. The number of nitrogens with zero attached hydrogens (tertiary/aromatic N) is 1. The average Bonchev–Trinajstić information content (AvgIpc) is 3.15. The van der Waals surface area contributed by atoms with Gasteiger partial charge in [0.25, 0.3) is 5.91 Å². The van der Waals surface area contributed by atoms with E-state index in [1.165, 1.54) is 0 Å². The maximum Gasteiger partial charge on any atom is 0.254 e. The van der Waals surface area contributed by atoms with Crippen molar-refractivity contribution in [1.29, 1.82) is 0 Å². The number of hydrogen-bond acceptors (Lipinski definition) is 4. The molecular formula is C20H20ClNO4. The number of carbonyl (C=O) groups is 1. The molecule has 6 heteroatoms. The summed E-state index contributed by atoms with van der Waals surface area (Å²) < 4.78 is 16.5. The number of rotatable bonds is 4. The van der Waals surface area contributed by atoms with E-state index < -0.39 is 0 Å². The number of ether oxygens (including phenoxy) is 3. The minimum absolute atomic E-state index is 0.0273. The molecule has 4 rings (SSSR count). The summed E-state index contributed by atoms with van der Waals surface area (Å²) in [7, 11) is 0. The van der Waals surface area contributed by atoms with Crippen LogP contribution in [-0.4, -0.2) is 37.3 Å². The van der Waals surface area contributed by atoms with Gasteiger partial charge in [-0.3, -0.25) is 4.79 Å². The Bertz CT molecular complexity index is 793. The highest BCUT2D eigenvalue weighted by molar-refractivity contribution is 6.30. The third-order valence-corrected chi connectivity index (χ3v) is 4.98. The summed E-state index contributed by atoms with van der Waals surface area (Å²) in [5, 5.41) is 0.690. The first-order valence-electron chi connectivity index (χ1n) is 8.76. The first-order chi connectivity index (χ1) is 12.7. The van der Waals surface area contributed by atoms with E-state index in [1.54, 1.807) is 18.2 Å². The Labute approximate surface area is 157 Å². The molecule has 1 fully saturated rings. The van der Waals surface area contributed by atoms with Crippen molar-refractivity contribution in [2.45, 2.75) is 12.8 Å². The van der Waals surface area contributed by atoms with Gasteiger partial charge in [-0.15, -0.1) is 0 Å². The molecule has 0 saturated carbocycles. The number of amides is 1. The Balaban J connectivity index is 1.37. The Morgan fingerprint density at radius 1 is 1.15 bits per heavy atom. The van der Waals surface area contributed by atoms with Gasteiger partial charge >= 0.3 is 0 Å². The fraction of sp³-hybridized carbons (Fsp3) is 0.350.